The molecule has 3 amide bonds. The summed E-state index contributed by atoms with van der Waals surface area (Å²) in [5.74, 6) is -0.394. The van der Waals surface area contributed by atoms with Crippen LogP contribution in [0.15, 0.2) is 47.8 Å². The SMILES string of the molecule is Cc1ccc(NC(=O)c2csc(NC(=O)Nc3cccc(Cl)c3)n2)cc1Cl. The first-order valence-electron chi connectivity index (χ1n) is 7.77. The average molecular weight is 421 g/mol. The largest absolute Gasteiger partial charge is 0.325 e. The molecule has 0 unspecified atom stereocenters. The number of nitrogens with one attached hydrogen (secondary N) is 3. The molecular formula is C18H14Cl2N4O2S. The lowest BCUT2D eigenvalue weighted by atomic mass is 10.2. The molecule has 1 heterocycles. The van der Waals surface area contributed by atoms with Gasteiger partial charge in [-0.2, -0.15) is 0 Å². The molecule has 0 saturated carbocycles. The molecule has 1 aromatic heterocycles. The van der Waals surface area contributed by atoms with E-state index in [0.717, 1.165) is 16.9 Å². The Hall–Kier alpha value is -2.61. The number of urea groups is 1. The molecule has 6 nitrogen and oxygen atoms in total. The van der Waals surface area contributed by atoms with E-state index in [4.69, 9.17) is 23.2 Å². The molecule has 0 radical (unpaired) electrons. The highest BCUT2D eigenvalue weighted by atomic mass is 35.5. The Morgan fingerprint density at radius 3 is 2.52 bits per heavy atom. The van der Waals surface area contributed by atoms with E-state index in [9.17, 15) is 9.59 Å². The number of thiazole rings is 1. The van der Waals surface area contributed by atoms with E-state index in [0.29, 0.717) is 26.6 Å². The van der Waals surface area contributed by atoms with Crippen molar-refractivity contribution in [2.75, 3.05) is 16.0 Å². The summed E-state index contributed by atoms with van der Waals surface area (Å²) >= 11 is 13.1. The third-order valence-corrected chi connectivity index (χ3v) is 4.87. The fourth-order valence-corrected chi connectivity index (χ4v) is 3.18. The monoisotopic (exact) mass is 420 g/mol. The molecule has 0 aliphatic heterocycles. The Morgan fingerprint density at radius 2 is 1.78 bits per heavy atom. The van der Waals surface area contributed by atoms with E-state index in [1.165, 1.54) is 0 Å². The van der Waals surface area contributed by atoms with Gasteiger partial charge in [0, 0.05) is 26.8 Å². The van der Waals surface area contributed by atoms with Gasteiger partial charge >= 0.3 is 6.03 Å². The third-order valence-electron chi connectivity index (χ3n) is 3.47. The third kappa shape index (κ3) is 5.19. The minimum atomic E-state index is -0.483. The fourth-order valence-electron chi connectivity index (χ4n) is 2.13. The molecule has 0 bridgehead atoms. The number of carbonyl (C=O) groups excluding carboxylic acids is 2. The molecule has 3 rings (SSSR count). The number of halogens is 2. The Bertz CT molecular complexity index is 1010. The normalized spacial score (nSPS) is 10.3. The van der Waals surface area contributed by atoms with Crippen LogP contribution in [0.5, 0.6) is 0 Å². The summed E-state index contributed by atoms with van der Waals surface area (Å²) in [4.78, 5) is 28.4. The van der Waals surface area contributed by atoms with Crippen LogP contribution in [0.2, 0.25) is 10.0 Å². The molecule has 0 saturated heterocycles. The zero-order valence-electron chi connectivity index (χ0n) is 14.0. The van der Waals surface area contributed by atoms with E-state index < -0.39 is 11.9 Å². The van der Waals surface area contributed by atoms with Gasteiger partial charge in [0.2, 0.25) is 0 Å². The average Bonchev–Trinajstić information content (AvgIpc) is 3.06. The quantitative estimate of drug-likeness (QED) is 0.509. The van der Waals surface area contributed by atoms with Gasteiger partial charge in [0.25, 0.3) is 5.91 Å². The standard InChI is InChI=1S/C18H14Cl2N4O2S/c1-10-5-6-13(8-14(10)20)21-16(25)15-9-27-18(23-15)24-17(26)22-12-4-2-3-11(19)7-12/h2-9H,1H3,(H,21,25)(H2,22,23,24,26). The highest BCUT2D eigenvalue weighted by Crippen LogP contribution is 2.22. The number of hydrogen-bond donors (Lipinski definition) is 3. The van der Waals surface area contributed by atoms with E-state index in [-0.39, 0.29) is 5.69 Å². The number of amides is 3. The maximum atomic E-state index is 12.3. The first-order valence-corrected chi connectivity index (χ1v) is 9.41. The van der Waals surface area contributed by atoms with E-state index in [2.05, 4.69) is 20.9 Å². The Labute approximate surface area is 169 Å². The highest BCUT2D eigenvalue weighted by molar-refractivity contribution is 7.14. The summed E-state index contributed by atoms with van der Waals surface area (Å²) in [6.07, 6.45) is 0. The van der Waals surface area contributed by atoms with Gasteiger partial charge in [0.15, 0.2) is 5.13 Å². The van der Waals surface area contributed by atoms with E-state index >= 15 is 0 Å². The minimum absolute atomic E-state index is 0.190. The summed E-state index contributed by atoms with van der Waals surface area (Å²) in [7, 11) is 0. The van der Waals surface area contributed by atoms with Crippen molar-refractivity contribution >= 4 is 63.0 Å². The lowest BCUT2D eigenvalue weighted by molar-refractivity contribution is 0.102. The van der Waals surface area contributed by atoms with Crippen molar-refractivity contribution in [1.82, 2.24) is 4.98 Å². The van der Waals surface area contributed by atoms with Crippen molar-refractivity contribution in [3.05, 3.63) is 69.1 Å². The number of benzene rings is 2. The Kier molecular flexibility index (Phi) is 5.95. The predicted octanol–water partition coefficient (Wildman–Crippen LogP) is 5.65. The van der Waals surface area contributed by atoms with Crippen LogP contribution in [0.25, 0.3) is 0 Å². The van der Waals surface area contributed by atoms with E-state index in [1.54, 1.807) is 41.8 Å². The van der Waals surface area contributed by atoms with Crippen LogP contribution < -0.4 is 16.0 Å². The summed E-state index contributed by atoms with van der Waals surface area (Å²) in [5, 5.41) is 10.9. The van der Waals surface area contributed by atoms with Crippen LogP contribution in [0, 0.1) is 6.92 Å². The van der Waals surface area contributed by atoms with Gasteiger partial charge in [-0.1, -0.05) is 35.3 Å². The van der Waals surface area contributed by atoms with Crippen molar-refractivity contribution in [3.63, 3.8) is 0 Å². The fraction of sp³-hybridized carbons (Fsp3) is 0.0556. The summed E-state index contributed by atoms with van der Waals surface area (Å²) in [5.41, 5.74) is 2.22. The highest BCUT2D eigenvalue weighted by Gasteiger charge is 2.13. The Balaban J connectivity index is 1.61. The van der Waals surface area contributed by atoms with Crippen molar-refractivity contribution in [3.8, 4) is 0 Å². The van der Waals surface area contributed by atoms with Crippen LogP contribution in [-0.2, 0) is 0 Å². The van der Waals surface area contributed by atoms with Gasteiger partial charge in [-0.25, -0.2) is 9.78 Å². The molecule has 0 spiro atoms. The Morgan fingerprint density at radius 1 is 1.00 bits per heavy atom. The van der Waals surface area contributed by atoms with Crippen LogP contribution in [0.3, 0.4) is 0 Å². The molecule has 2 aromatic carbocycles. The number of aryl methyl sites for hydroxylation is 1. The van der Waals surface area contributed by atoms with Gasteiger partial charge < -0.3 is 10.6 Å². The molecule has 3 N–H and O–H groups in total. The second kappa shape index (κ2) is 8.39. The van der Waals surface area contributed by atoms with Crippen molar-refractivity contribution in [2.45, 2.75) is 6.92 Å². The second-order valence-corrected chi connectivity index (χ2v) is 7.25. The smallest absolute Gasteiger partial charge is 0.321 e. The molecular weight excluding hydrogens is 407 g/mol. The minimum Gasteiger partial charge on any atom is -0.321 e. The maximum Gasteiger partial charge on any atom is 0.325 e. The number of nitrogens with zero attached hydrogens (tertiary/aromatic N) is 1. The number of aromatic nitrogens is 1. The molecule has 3 aromatic rings. The van der Waals surface area contributed by atoms with Crippen molar-refractivity contribution in [1.29, 1.82) is 0 Å². The molecule has 9 heteroatoms. The second-order valence-electron chi connectivity index (χ2n) is 5.55. The number of carbonyl (C=O) groups is 2. The van der Waals surface area contributed by atoms with E-state index in [1.807, 2.05) is 13.0 Å². The van der Waals surface area contributed by atoms with Crippen molar-refractivity contribution in [2.24, 2.45) is 0 Å². The zero-order chi connectivity index (χ0) is 19.4. The lowest BCUT2D eigenvalue weighted by Gasteiger charge is -2.06. The molecule has 0 atom stereocenters. The van der Waals surface area contributed by atoms with Gasteiger partial charge in [0.05, 0.1) is 0 Å². The number of rotatable bonds is 4. The molecule has 0 aliphatic carbocycles. The predicted molar refractivity (Wildman–Crippen MR) is 110 cm³/mol. The molecule has 0 aliphatic rings. The molecule has 27 heavy (non-hydrogen) atoms. The number of anilines is 3. The summed E-state index contributed by atoms with van der Waals surface area (Å²) in [6, 6.07) is 11.5. The summed E-state index contributed by atoms with van der Waals surface area (Å²) in [6.45, 7) is 1.88. The topological polar surface area (TPSA) is 83.1 Å². The van der Waals surface area contributed by atoms with Gasteiger partial charge in [-0.05, 0) is 42.8 Å². The van der Waals surface area contributed by atoms with Crippen LogP contribution in [0.4, 0.5) is 21.3 Å². The van der Waals surface area contributed by atoms with Crippen LogP contribution in [0.1, 0.15) is 16.1 Å². The van der Waals surface area contributed by atoms with Crippen LogP contribution >= 0.6 is 34.5 Å². The van der Waals surface area contributed by atoms with Crippen molar-refractivity contribution < 1.29 is 9.59 Å². The lowest BCUT2D eigenvalue weighted by Crippen LogP contribution is -2.19. The first-order chi connectivity index (χ1) is 12.9. The van der Waals surface area contributed by atoms with Gasteiger partial charge in [-0.3, -0.25) is 10.1 Å². The van der Waals surface area contributed by atoms with Crippen LogP contribution in [-0.4, -0.2) is 16.9 Å². The molecule has 138 valence electrons. The van der Waals surface area contributed by atoms with Gasteiger partial charge in [0.1, 0.15) is 5.69 Å². The molecule has 0 fully saturated rings. The van der Waals surface area contributed by atoms with Gasteiger partial charge in [-0.15, -0.1) is 11.3 Å². The first kappa shape index (κ1) is 19.2. The summed E-state index contributed by atoms with van der Waals surface area (Å²) < 4.78 is 0. The maximum absolute atomic E-state index is 12.3. The number of hydrogen-bond acceptors (Lipinski definition) is 4. The zero-order valence-corrected chi connectivity index (χ0v) is 16.4.